The maximum absolute atomic E-state index is 9.02. The van der Waals surface area contributed by atoms with Crippen LogP contribution >= 0.6 is 11.3 Å². The Bertz CT molecular complexity index is 376. The molecule has 0 radical (unpaired) electrons. The van der Waals surface area contributed by atoms with Crippen molar-refractivity contribution in [1.29, 1.82) is 0 Å². The van der Waals surface area contributed by atoms with Crippen molar-refractivity contribution in [3.63, 3.8) is 0 Å². The van der Waals surface area contributed by atoms with Gasteiger partial charge in [0.2, 0.25) is 0 Å². The largest absolute Gasteiger partial charge is 0.411 e. The number of nitrogens with one attached hydrogen (secondary N) is 1. The van der Waals surface area contributed by atoms with Crippen LogP contribution in [0.1, 0.15) is 19.3 Å². The number of rotatable bonds is 2. The molecule has 0 spiro atoms. The molecule has 3 atom stereocenters. The van der Waals surface area contributed by atoms with Crippen LogP contribution in [0.4, 0.5) is 5.13 Å². The normalized spacial score (nSPS) is 36.3. The Hall–Kier alpha value is -1.10. The zero-order chi connectivity index (χ0) is 10.3. The number of hydrogen-bond donors (Lipinski definition) is 2. The number of nitrogens with zero attached hydrogens (tertiary/aromatic N) is 2. The molecule has 2 aliphatic carbocycles. The molecule has 1 aromatic heterocycles. The van der Waals surface area contributed by atoms with Gasteiger partial charge in [-0.3, -0.25) is 0 Å². The fraction of sp³-hybridized carbons (Fsp3) is 0.600. The van der Waals surface area contributed by atoms with Crippen LogP contribution in [0.5, 0.6) is 0 Å². The van der Waals surface area contributed by atoms with Crippen molar-refractivity contribution < 1.29 is 5.21 Å². The van der Waals surface area contributed by atoms with Crippen LogP contribution in [0.25, 0.3) is 0 Å². The zero-order valence-electron chi connectivity index (χ0n) is 8.26. The molecule has 4 nitrogen and oxygen atoms in total. The lowest BCUT2D eigenvalue weighted by molar-refractivity contribution is 0.312. The number of thiazole rings is 1. The molecule has 0 saturated heterocycles. The lowest BCUT2D eigenvalue weighted by atomic mass is 9.93. The van der Waals surface area contributed by atoms with Crippen molar-refractivity contribution in [2.75, 3.05) is 5.32 Å². The topological polar surface area (TPSA) is 57.5 Å². The number of oxime groups is 1. The predicted octanol–water partition coefficient (Wildman–Crippen LogP) is 2.18. The molecule has 3 rings (SSSR count). The highest BCUT2D eigenvalue weighted by Gasteiger charge is 2.45. The maximum Gasteiger partial charge on any atom is 0.183 e. The van der Waals surface area contributed by atoms with Crippen molar-refractivity contribution in [3.05, 3.63) is 11.6 Å². The molecule has 15 heavy (non-hydrogen) atoms. The molecule has 2 fully saturated rings. The Morgan fingerprint density at radius 1 is 1.53 bits per heavy atom. The van der Waals surface area contributed by atoms with Gasteiger partial charge >= 0.3 is 0 Å². The summed E-state index contributed by atoms with van der Waals surface area (Å²) in [6.07, 6.45) is 5.38. The monoisotopic (exact) mass is 223 g/mol. The van der Waals surface area contributed by atoms with E-state index in [1.165, 1.54) is 19.3 Å². The van der Waals surface area contributed by atoms with Crippen LogP contribution < -0.4 is 5.32 Å². The predicted molar refractivity (Wildman–Crippen MR) is 59.6 cm³/mol. The summed E-state index contributed by atoms with van der Waals surface area (Å²) in [5.41, 5.74) is 0.932. The van der Waals surface area contributed by atoms with Gasteiger partial charge in [-0.05, 0) is 25.2 Å². The minimum Gasteiger partial charge on any atom is -0.411 e. The van der Waals surface area contributed by atoms with E-state index >= 15 is 0 Å². The molecule has 5 heteroatoms. The van der Waals surface area contributed by atoms with Gasteiger partial charge in [-0.1, -0.05) is 5.16 Å². The third-order valence-electron chi connectivity index (χ3n) is 3.51. The van der Waals surface area contributed by atoms with E-state index in [1.54, 1.807) is 17.5 Å². The van der Waals surface area contributed by atoms with E-state index in [9.17, 15) is 0 Å². The summed E-state index contributed by atoms with van der Waals surface area (Å²) in [7, 11) is 0. The van der Waals surface area contributed by atoms with Gasteiger partial charge in [-0.15, -0.1) is 11.3 Å². The average molecular weight is 223 g/mol. The van der Waals surface area contributed by atoms with Gasteiger partial charge in [0, 0.05) is 17.5 Å². The van der Waals surface area contributed by atoms with Crippen LogP contribution in [-0.2, 0) is 0 Å². The fourth-order valence-electron chi connectivity index (χ4n) is 2.85. The standard InChI is InChI=1S/C10H13N3OS/c14-13-9-7-2-1-6(5-7)8(9)12-10-11-3-4-15-10/h3-4,6-8,14H,1-2,5H2,(H,11,12)/b13-9+/t6-,7+,8+/m1/s1. The van der Waals surface area contributed by atoms with E-state index in [0.717, 1.165) is 10.8 Å². The Kier molecular flexibility index (Phi) is 2.12. The molecular formula is C10H13N3OS. The van der Waals surface area contributed by atoms with Crippen LogP contribution in [0.15, 0.2) is 16.7 Å². The summed E-state index contributed by atoms with van der Waals surface area (Å²) in [4.78, 5) is 4.20. The highest BCUT2D eigenvalue weighted by molar-refractivity contribution is 7.13. The summed E-state index contributed by atoms with van der Waals surface area (Å²) >= 11 is 1.59. The Morgan fingerprint density at radius 2 is 2.47 bits per heavy atom. The zero-order valence-corrected chi connectivity index (χ0v) is 9.07. The lowest BCUT2D eigenvalue weighted by Gasteiger charge is -2.23. The van der Waals surface area contributed by atoms with E-state index in [1.807, 2.05) is 5.38 Å². The highest BCUT2D eigenvalue weighted by Crippen LogP contribution is 2.44. The second kappa shape index (κ2) is 3.48. The molecule has 80 valence electrons. The molecule has 0 aliphatic heterocycles. The highest BCUT2D eigenvalue weighted by atomic mass is 32.1. The molecule has 0 aromatic carbocycles. The number of hydrogen-bond acceptors (Lipinski definition) is 5. The summed E-state index contributed by atoms with van der Waals surface area (Å²) in [5, 5.41) is 18.7. The second-order valence-corrected chi connectivity index (χ2v) is 5.15. The first-order valence-corrected chi connectivity index (χ1v) is 6.14. The molecule has 2 bridgehead atoms. The van der Waals surface area contributed by atoms with E-state index < -0.39 is 0 Å². The van der Waals surface area contributed by atoms with E-state index in [0.29, 0.717) is 11.8 Å². The van der Waals surface area contributed by atoms with Crippen LogP contribution in [-0.4, -0.2) is 21.9 Å². The van der Waals surface area contributed by atoms with Gasteiger partial charge in [0.25, 0.3) is 0 Å². The van der Waals surface area contributed by atoms with Crippen molar-refractivity contribution >= 4 is 22.2 Å². The van der Waals surface area contributed by atoms with Gasteiger partial charge < -0.3 is 10.5 Å². The maximum atomic E-state index is 9.02. The molecule has 1 heterocycles. The number of aromatic nitrogens is 1. The Morgan fingerprint density at radius 3 is 3.20 bits per heavy atom. The molecule has 2 aliphatic rings. The first kappa shape index (κ1) is 9.15. The van der Waals surface area contributed by atoms with Gasteiger partial charge in [-0.2, -0.15) is 0 Å². The number of fused-ring (bicyclic) bond motifs is 2. The average Bonchev–Trinajstić information content (AvgIpc) is 2.91. The lowest BCUT2D eigenvalue weighted by Crippen LogP contribution is -2.35. The van der Waals surface area contributed by atoms with Crippen molar-refractivity contribution in [3.8, 4) is 0 Å². The molecule has 1 aromatic rings. The molecular weight excluding hydrogens is 210 g/mol. The van der Waals surface area contributed by atoms with Gasteiger partial charge in [0.15, 0.2) is 5.13 Å². The molecule has 2 saturated carbocycles. The van der Waals surface area contributed by atoms with Crippen molar-refractivity contribution in [2.24, 2.45) is 17.0 Å². The van der Waals surface area contributed by atoms with E-state index in [-0.39, 0.29) is 6.04 Å². The molecule has 0 unspecified atom stereocenters. The fourth-order valence-corrected chi connectivity index (χ4v) is 3.41. The summed E-state index contributed by atoms with van der Waals surface area (Å²) in [6, 6.07) is 0.208. The molecule has 2 N–H and O–H groups in total. The second-order valence-electron chi connectivity index (χ2n) is 4.25. The quantitative estimate of drug-likeness (QED) is 0.597. The molecule has 0 amide bonds. The van der Waals surface area contributed by atoms with Crippen molar-refractivity contribution in [1.82, 2.24) is 4.98 Å². The first-order chi connectivity index (χ1) is 7.38. The van der Waals surface area contributed by atoms with Gasteiger partial charge in [0.1, 0.15) is 0 Å². The van der Waals surface area contributed by atoms with Gasteiger partial charge in [0.05, 0.1) is 11.8 Å². The summed E-state index contributed by atoms with van der Waals surface area (Å²) < 4.78 is 0. The minimum absolute atomic E-state index is 0.208. The third-order valence-corrected chi connectivity index (χ3v) is 4.21. The van der Waals surface area contributed by atoms with Crippen LogP contribution in [0, 0.1) is 11.8 Å². The third kappa shape index (κ3) is 1.42. The van der Waals surface area contributed by atoms with Crippen LogP contribution in [0.2, 0.25) is 0 Å². The van der Waals surface area contributed by atoms with Crippen molar-refractivity contribution in [2.45, 2.75) is 25.3 Å². The van der Waals surface area contributed by atoms with Gasteiger partial charge in [-0.25, -0.2) is 4.98 Å². The smallest absolute Gasteiger partial charge is 0.183 e. The SMILES string of the molecule is O/N=C1\[C@H]2CC[C@H](C2)[C@@H]1Nc1nccs1. The first-order valence-electron chi connectivity index (χ1n) is 5.26. The summed E-state index contributed by atoms with van der Waals surface area (Å²) in [6.45, 7) is 0. The van der Waals surface area contributed by atoms with E-state index in [2.05, 4.69) is 15.5 Å². The number of anilines is 1. The minimum atomic E-state index is 0.208. The van der Waals surface area contributed by atoms with E-state index in [4.69, 9.17) is 5.21 Å². The Labute approximate surface area is 92.0 Å². The van der Waals surface area contributed by atoms with Crippen LogP contribution in [0.3, 0.4) is 0 Å². The Balaban J connectivity index is 1.81. The summed E-state index contributed by atoms with van der Waals surface area (Å²) in [5.74, 6) is 1.13.